The molecule has 0 bridgehead atoms. The standard InChI is InChI=1S/C18H23BrN2O3/c1-12(2)18(3,11-20)21-17(22)16-8-7-15(24-16)10-23-14-6-4-5-13(19)9-14/h4-9,12H,10-11,20H2,1-3H3,(H,21,22). The van der Waals surface area contributed by atoms with E-state index < -0.39 is 5.54 Å². The molecule has 1 aromatic heterocycles. The molecule has 3 N–H and O–H groups in total. The Morgan fingerprint density at radius 2 is 2.12 bits per heavy atom. The second-order valence-corrected chi connectivity index (χ2v) is 7.16. The van der Waals surface area contributed by atoms with E-state index >= 15 is 0 Å². The third kappa shape index (κ3) is 4.61. The first-order valence-corrected chi connectivity index (χ1v) is 8.63. The SMILES string of the molecule is CC(C)C(C)(CN)NC(=O)c1ccc(COc2cccc(Br)c2)o1. The van der Waals surface area contributed by atoms with Crippen molar-refractivity contribution in [3.63, 3.8) is 0 Å². The summed E-state index contributed by atoms with van der Waals surface area (Å²) in [6.07, 6.45) is 0. The zero-order chi connectivity index (χ0) is 17.7. The summed E-state index contributed by atoms with van der Waals surface area (Å²) in [6, 6.07) is 10.9. The Morgan fingerprint density at radius 3 is 2.75 bits per heavy atom. The maximum absolute atomic E-state index is 12.3. The van der Waals surface area contributed by atoms with Crippen LogP contribution < -0.4 is 15.8 Å². The van der Waals surface area contributed by atoms with E-state index in [0.29, 0.717) is 12.3 Å². The lowest BCUT2D eigenvalue weighted by Crippen LogP contribution is -2.54. The van der Waals surface area contributed by atoms with E-state index in [2.05, 4.69) is 21.2 Å². The molecule has 1 unspecified atom stereocenters. The fourth-order valence-electron chi connectivity index (χ4n) is 2.04. The fourth-order valence-corrected chi connectivity index (χ4v) is 2.42. The first-order valence-electron chi connectivity index (χ1n) is 7.83. The van der Waals surface area contributed by atoms with Crippen LogP contribution in [0.4, 0.5) is 0 Å². The van der Waals surface area contributed by atoms with Crippen LogP contribution in [-0.2, 0) is 6.61 Å². The van der Waals surface area contributed by atoms with Crippen LogP contribution in [0.15, 0.2) is 45.3 Å². The van der Waals surface area contributed by atoms with Gasteiger partial charge in [0, 0.05) is 11.0 Å². The Morgan fingerprint density at radius 1 is 1.38 bits per heavy atom. The zero-order valence-corrected chi connectivity index (χ0v) is 15.7. The highest BCUT2D eigenvalue weighted by atomic mass is 79.9. The molecule has 2 rings (SSSR count). The van der Waals surface area contributed by atoms with Crippen molar-refractivity contribution in [2.24, 2.45) is 11.7 Å². The minimum absolute atomic E-state index is 0.209. The predicted octanol–water partition coefficient (Wildman–Crippen LogP) is 3.72. The molecule has 0 radical (unpaired) electrons. The van der Waals surface area contributed by atoms with Crippen LogP contribution in [0.2, 0.25) is 0 Å². The average molecular weight is 395 g/mol. The van der Waals surface area contributed by atoms with Crippen LogP contribution >= 0.6 is 15.9 Å². The number of nitrogens with one attached hydrogen (secondary N) is 1. The van der Waals surface area contributed by atoms with Crippen molar-refractivity contribution in [1.82, 2.24) is 5.32 Å². The molecule has 5 nitrogen and oxygen atoms in total. The normalized spacial score (nSPS) is 13.6. The summed E-state index contributed by atoms with van der Waals surface area (Å²) in [5.74, 6) is 1.50. The van der Waals surface area contributed by atoms with Gasteiger partial charge in [0.15, 0.2) is 5.76 Å². The summed E-state index contributed by atoms with van der Waals surface area (Å²) >= 11 is 3.39. The van der Waals surface area contributed by atoms with Gasteiger partial charge < -0.3 is 20.2 Å². The van der Waals surface area contributed by atoms with Gasteiger partial charge in [0.25, 0.3) is 5.91 Å². The third-order valence-electron chi connectivity index (χ3n) is 4.16. The Balaban J connectivity index is 1.98. The van der Waals surface area contributed by atoms with Gasteiger partial charge in [-0.2, -0.15) is 0 Å². The monoisotopic (exact) mass is 394 g/mol. The molecule has 0 aliphatic carbocycles. The van der Waals surface area contributed by atoms with Crippen LogP contribution in [0.1, 0.15) is 37.1 Å². The minimum Gasteiger partial charge on any atom is -0.486 e. The zero-order valence-electron chi connectivity index (χ0n) is 14.1. The third-order valence-corrected chi connectivity index (χ3v) is 4.65. The second kappa shape index (κ2) is 7.85. The molecule has 130 valence electrons. The molecule has 1 amide bonds. The molecular formula is C18H23BrN2O3. The van der Waals surface area contributed by atoms with Gasteiger partial charge in [0.05, 0.1) is 5.54 Å². The van der Waals surface area contributed by atoms with E-state index in [1.54, 1.807) is 12.1 Å². The molecule has 1 atom stereocenters. The van der Waals surface area contributed by atoms with Crippen LogP contribution in [0.5, 0.6) is 5.75 Å². The van der Waals surface area contributed by atoms with Gasteiger partial charge in [0.1, 0.15) is 18.1 Å². The fraction of sp³-hybridized carbons (Fsp3) is 0.389. The summed E-state index contributed by atoms with van der Waals surface area (Å²) in [6.45, 7) is 6.58. The molecular weight excluding hydrogens is 372 g/mol. The van der Waals surface area contributed by atoms with Gasteiger partial charge >= 0.3 is 0 Å². The quantitative estimate of drug-likeness (QED) is 0.749. The number of hydrogen-bond acceptors (Lipinski definition) is 4. The van der Waals surface area contributed by atoms with Gasteiger partial charge in [-0.3, -0.25) is 4.79 Å². The van der Waals surface area contributed by atoms with Crippen molar-refractivity contribution in [2.45, 2.75) is 32.9 Å². The Labute approximate surface area is 150 Å². The molecule has 6 heteroatoms. The Kier molecular flexibility index (Phi) is 6.07. The number of ether oxygens (including phenoxy) is 1. The van der Waals surface area contributed by atoms with Gasteiger partial charge in [-0.1, -0.05) is 35.8 Å². The molecule has 0 saturated carbocycles. The number of nitrogens with two attached hydrogens (primary N) is 1. The van der Waals surface area contributed by atoms with Crippen LogP contribution in [0.25, 0.3) is 0 Å². The van der Waals surface area contributed by atoms with Crippen molar-refractivity contribution in [3.8, 4) is 5.75 Å². The molecule has 1 aromatic carbocycles. The molecule has 24 heavy (non-hydrogen) atoms. The lowest BCUT2D eigenvalue weighted by atomic mass is 9.88. The van der Waals surface area contributed by atoms with Crippen molar-refractivity contribution < 1.29 is 13.9 Å². The van der Waals surface area contributed by atoms with E-state index in [-0.39, 0.29) is 24.2 Å². The van der Waals surface area contributed by atoms with Gasteiger partial charge in [-0.15, -0.1) is 0 Å². The number of hydrogen-bond donors (Lipinski definition) is 2. The highest BCUT2D eigenvalue weighted by Gasteiger charge is 2.29. The van der Waals surface area contributed by atoms with Crippen molar-refractivity contribution in [2.75, 3.05) is 6.54 Å². The number of benzene rings is 1. The Bertz CT molecular complexity index is 699. The average Bonchev–Trinajstić information content (AvgIpc) is 3.02. The minimum atomic E-state index is -0.475. The number of carbonyl (C=O) groups excluding carboxylic acids is 1. The maximum atomic E-state index is 12.3. The topological polar surface area (TPSA) is 77.5 Å². The number of halogens is 1. The van der Waals surface area contributed by atoms with E-state index in [4.69, 9.17) is 14.9 Å². The summed E-state index contributed by atoms with van der Waals surface area (Å²) in [5, 5.41) is 2.95. The van der Waals surface area contributed by atoms with Crippen molar-refractivity contribution >= 4 is 21.8 Å². The number of rotatable bonds is 7. The second-order valence-electron chi connectivity index (χ2n) is 6.24. The van der Waals surface area contributed by atoms with Crippen LogP contribution in [0.3, 0.4) is 0 Å². The van der Waals surface area contributed by atoms with Gasteiger partial charge in [-0.05, 0) is 43.2 Å². The first kappa shape index (κ1) is 18.5. The molecule has 0 spiro atoms. The van der Waals surface area contributed by atoms with Crippen LogP contribution in [0, 0.1) is 5.92 Å². The molecule has 2 aromatic rings. The van der Waals surface area contributed by atoms with Crippen molar-refractivity contribution in [1.29, 1.82) is 0 Å². The van der Waals surface area contributed by atoms with E-state index in [0.717, 1.165) is 10.2 Å². The Hall–Kier alpha value is -1.79. The summed E-state index contributed by atoms with van der Waals surface area (Å²) in [4.78, 5) is 12.3. The van der Waals surface area contributed by atoms with Gasteiger partial charge in [-0.25, -0.2) is 0 Å². The molecule has 0 saturated heterocycles. The van der Waals surface area contributed by atoms with Crippen LogP contribution in [-0.4, -0.2) is 18.0 Å². The number of amides is 1. The summed E-state index contributed by atoms with van der Waals surface area (Å²) in [7, 11) is 0. The largest absolute Gasteiger partial charge is 0.486 e. The first-order chi connectivity index (χ1) is 11.3. The lowest BCUT2D eigenvalue weighted by Gasteiger charge is -2.33. The molecule has 0 aliphatic rings. The predicted molar refractivity (Wildman–Crippen MR) is 96.9 cm³/mol. The molecule has 0 fully saturated rings. The van der Waals surface area contributed by atoms with E-state index in [9.17, 15) is 4.79 Å². The molecule has 1 heterocycles. The number of furan rings is 1. The highest BCUT2D eigenvalue weighted by molar-refractivity contribution is 9.10. The van der Waals surface area contributed by atoms with Gasteiger partial charge in [0.2, 0.25) is 0 Å². The highest BCUT2D eigenvalue weighted by Crippen LogP contribution is 2.20. The number of carbonyl (C=O) groups is 1. The lowest BCUT2D eigenvalue weighted by molar-refractivity contribution is 0.0850. The smallest absolute Gasteiger partial charge is 0.287 e. The maximum Gasteiger partial charge on any atom is 0.287 e. The molecule has 0 aliphatic heterocycles. The van der Waals surface area contributed by atoms with E-state index in [1.807, 2.05) is 45.0 Å². The summed E-state index contributed by atoms with van der Waals surface area (Å²) in [5.41, 5.74) is 5.32. The van der Waals surface area contributed by atoms with E-state index in [1.165, 1.54) is 0 Å². The summed E-state index contributed by atoms with van der Waals surface area (Å²) < 4.78 is 12.2. The van der Waals surface area contributed by atoms with Crippen molar-refractivity contribution in [3.05, 3.63) is 52.4 Å².